The number of benzene rings is 5. The zero-order chi connectivity index (χ0) is 50.5. The Morgan fingerprint density at radius 3 is 2.05 bits per heavy atom. The van der Waals surface area contributed by atoms with Crippen LogP contribution in [0.1, 0.15) is 133 Å². The van der Waals surface area contributed by atoms with Crippen molar-refractivity contribution in [2.24, 2.45) is 0 Å². The second-order valence-electron chi connectivity index (χ2n) is 18.5. The molecular formula is C53H54BN3S. The molecule has 5 atom stereocenters. The summed E-state index contributed by atoms with van der Waals surface area (Å²) in [6.45, 7) is 8.06. The van der Waals surface area contributed by atoms with E-state index in [4.69, 9.17) is 12.3 Å². The first-order valence-electron chi connectivity index (χ1n) is 27.6. The normalized spacial score (nSPS) is 31.1. The van der Waals surface area contributed by atoms with Gasteiger partial charge in [0.1, 0.15) is 0 Å². The summed E-state index contributed by atoms with van der Waals surface area (Å²) in [7, 11) is 0. The zero-order valence-electron chi connectivity index (χ0n) is 46.8. The summed E-state index contributed by atoms with van der Waals surface area (Å²) in [5.74, 6) is -0.924. The molecule has 0 amide bonds. The number of thiophene rings is 1. The highest BCUT2D eigenvalue weighted by atomic mass is 32.1. The van der Waals surface area contributed by atoms with E-state index in [1.807, 2.05) is 17.0 Å². The fourth-order valence-electron chi connectivity index (χ4n) is 12.7. The summed E-state index contributed by atoms with van der Waals surface area (Å²) in [4.78, 5) is 7.39. The molecule has 12 rings (SSSR count). The minimum atomic E-state index is -2.39. The number of para-hydroxylation sites is 2. The first kappa shape index (κ1) is 24.4. The van der Waals surface area contributed by atoms with Gasteiger partial charge in [0.05, 0.1) is 29.8 Å². The fourth-order valence-corrected chi connectivity index (χ4v) is 13.8. The van der Waals surface area contributed by atoms with Gasteiger partial charge in [-0.3, -0.25) is 0 Å². The Kier molecular flexibility index (Phi) is 5.02. The molecule has 4 aliphatic heterocycles. The number of rotatable bonds is 4. The molecule has 2 aliphatic carbocycles. The molecule has 1 aromatic heterocycles. The second kappa shape index (κ2) is 11.9. The molecule has 290 valence electrons. The maximum Gasteiger partial charge on any atom is 0.253 e. The van der Waals surface area contributed by atoms with Crippen LogP contribution in [0, 0.1) is 0 Å². The highest BCUT2D eigenvalue weighted by molar-refractivity contribution is 7.20. The Hall–Kier alpha value is -4.74. The van der Waals surface area contributed by atoms with Gasteiger partial charge in [-0.15, -0.1) is 11.3 Å². The highest BCUT2D eigenvalue weighted by Gasteiger charge is 2.63. The van der Waals surface area contributed by atoms with E-state index in [1.165, 1.54) is 16.9 Å². The molecule has 5 aromatic carbocycles. The number of nitrogens with zero attached hydrogens (tertiary/aromatic N) is 3. The maximum atomic E-state index is 9.59. The summed E-state index contributed by atoms with van der Waals surface area (Å²) in [6.07, 6.45) is 7.66. The van der Waals surface area contributed by atoms with Crippen LogP contribution in [0.25, 0.3) is 11.1 Å². The average Bonchev–Trinajstić information content (AvgIpc) is 3.93. The van der Waals surface area contributed by atoms with Gasteiger partial charge >= 0.3 is 0 Å². The number of fused-ring (bicyclic) bond motifs is 10. The van der Waals surface area contributed by atoms with Gasteiger partial charge in [-0.25, -0.2) is 0 Å². The fraction of sp³-hybridized carbons (Fsp3) is 0.358. The van der Waals surface area contributed by atoms with Crippen LogP contribution >= 0.6 is 11.3 Å². The number of hydrogen-bond donors (Lipinski definition) is 0. The van der Waals surface area contributed by atoms with Crippen LogP contribution in [0.2, 0.25) is 0 Å². The molecule has 6 aromatic rings. The largest absolute Gasteiger partial charge is 0.335 e. The molecule has 3 nitrogen and oxygen atoms in total. The van der Waals surface area contributed by atoms with Gasteiger partial charge in [0.15, 0.2) is 0 Å². The molecule has 58 heavy (non-hydrogen) atoms. The molecule has 0 bridgehead atoms. The van der Waals surface area contributed by atoms with Gasteiger partial charge in [0.25, 0.3) is 6.71 Å². The van der Waals surface area contributed by atoms with Crippen LogP contribution in [0.4, 0.5) is 39.1 Å². The summed E-state index contributed by atoms with van der Waals surface area (Å²) in [5.41, 5.74) is 8.17. The summed E-state index contributed by atoms with van der Waals surface area (Å²) in [5, 5.41) is 0.536. The van der Waals surface area contributed by atoms with Crippen molar-refractivity contribution >= 4 is 73.6 Å². The lowest BCUT2D eigenvalue weighted by molar-refractivity contribution is 0.194. The molecule has 5 unspecified atom stereocenters. The molecule has 0 saturated heterocycles. The van der Waals surface area contributed by atoms with Crippen molar-refractivity contribution in [2.75, 3.05) is 14.7 Å². The van der Waals surface area contributed by atoms with E-state index in [9.17, 15) is 5.48 Å². The smallest absolute Gasteiger partial charge is 0.253 e. The minimum Gasteiger partial charge on any atom is -0.335 e. The van der Waals surface area contributed by atoms with Crippen LogP contribution in [0.15, 0.2) is 115 Å². The van der Waals surface area contributed by atoms with E-state index in [0.29, 0.717) is 26.6 Å². The molecule has 2 fully saturated rings. The van der Waals surface area contributed by atoms with Gasteiger partial charge in [-0.2, -0.15) is 0 Å². The second-order valence-corrected chi connectivity index (χ2v) is 19.6. The first-order chi connectivity index (χ1) is 33.4. The van der Waals surface area contributed by atoms with Crippen molar-refractivity contribution in [3.63, 3.8) is 0 Å². The van der Waals surface area contributed by atoms with Crippen LogP contribution in [0.3, 0.4) is 0 Å². The Morgan fingerprint density at radius 1 is 0.655 bits per heavy atom. The predicted octanol–water partition coefficient (Wildman–Crippen LogP) is 12.6. The zero-order valence-corrected chi connectivity index (χ0v) is 34.6. The third kappa shape index (κ3) is 4.27. The summed E-state index contributed by atoms with van der Waals surface area (Å²) < 4.78 is 116. The summed E-state index contributed by atoms with van der Waals surface area (Å²) >= 11 is 1.26. The third-order valence-corrected chi connectivity index (χ3v) is 17.2. The van der Waals surface area contributed by atoms with E-state index >= 15 is 0 Å². The molecule has 5 heteroatoms. The number of hydrogen-bond acceptors (Lipinski definition) is 4. The maximum absolute atomic E-state index is 9.59. The Balaban J connectivity index is 1.26. The van der Waals surface area contributed by atoms with Gasteiger partial charge < -0.3 is 14.7 Å². The third-order valence-electron chi connectivity index (χ3n) is 15.9. The number of anilines is 7. The predicted molar refractivity (Wildman–Crippen MR) is 249 cm³/mol. The van der Waals surface area contributed by atoms with Crippen molar-refractivity contribution in [1.82, 2.24) is 0 Å². The van der Waals surface area contributed by atoms with Crippen molar-refractivity contribution in [3.8, 4) is 11.1 Å². The molecular weight excluding hydrogens is 721 g/mol. The Labute approximate surface area is 368 Å². The first-order valence-corrected chi connectivity index (χ1v) is 21.9. The lowest BCUT2D eigenvalue weighted by Gasteiger charge is -2.53. The van der Waals surface area contributed by atoms with E-state index in [1.54, 1.807) is 6.92 Å². The molecule has 0 N–H and O–H groups in total. The van der Waals surface area contributed by atoms with Crippen molar-refractivity contribution in [3.05, 3.63) is 131 Å². The molecule has 2 saturated carbocycles. The Bertz CT molecular complexity index is 3320. The molecule has 5 heterocycles. The Morgan fingerprint density at radius 2 is 1.31 bits per heavy atom. The van der Waals surface area contributed by atoms with Gasteiger partial charge in [-0.1, -0.05) is 132 Å². The molecule has 0 radical (unpaired) electrons. The standard InChI is InChI=1S/C53H54BN3S/c1-34(2)46-33-42-49(58-46)55(37-21-11-8-12-22-37)44-31-38(56-43-24-14-13-23-39(43)50(3)25-15-17-27-52(50,56)5)32-45-47(44)54(42)41-30-36(35-19-9-7-10-20-35)29-40-48(41)57(45)53(6)28-18-16-26-51(40,53)4/h7-14,19-24,29-34H,15-18,25-28H2,1-6H3/i1D3,7D,8D,9D,10D,11D,12D,19D,20D,21D,22D. The van der Waals surface area contributed by atoms with E-state index < -0.39 is 66.7 Å². The van der Waals surface area contributed by atoms with Gasteiger partial charge in [-0.05, 0) is 120 Å². The van der Waals surface area contributed by atoms with Crippen molar-refractivity contribution < 1.29 is 17.8 Å². The van der Waals surface area contributed by atoms with Crippen LogP contribution < -0.4 is 31.1 Å². The van der Waals surface area contributed by atoms with E-state index in [-0.39, 0.29) is 46.4 Å². The lowest BCUT2D eigenvalue weighted by Crippen LogP contribution is -2.64. The van der Waals surface area contributed by atoms with E-state index in [0.717, 1.165) is 90.6 Å². The van der Waals surface area contributed by atoms with Crippen molar-refractivity contribution in [1.29, 1.82) is 0 Å². The van der Waals surface area contributed by atoms with E-state index in [2.05, 4.69) is 80.0 Å². The topological polar surface area (TPSA) is 9.72 Å². The van der Waals surface area contributed by atoms with Crippen LogP contribution in [0.5, 0.6) is 0 Å². The highest BCUT2D eigenvalue weighted by Crippen LogP contribution is 2.65. The van der Waals surface area contributed by atoms with Gasteiger partial charge in [0.2, 0.25) is 0 Å². The molecule has 6 aliphatic rings. The van der Waals surface area contributed by atoms with Crippen LogP contribution in [-0.4, -0.2) is 17.8 Å². The quantitative estimate of drug-likeness (QED) is 0.165. The van der Waals surface area contributed by atoms with Crippen LogP contribution in [-0.2, 0) is 10.8 Å². The average molecular weight is 789 g/mol. The minimum absolute atomic E-state index is 0.0324. The SMILES string of the molecule is [2H]c1c([2H])c([2H])c(-c2cc3c4c(c2)C2(C)CCCCC2(C)N4c2cc(N4c5ccccc5C5(C)CCCCC45C)cc4c2B3c2cc(C(C)C([2H])([2H])[2H])sc2N4c2c([2H])c([2H])c([2H])c([2H])c2[2H])c([2H])c1[2H]. The van der Waals surface area contributed by atoms with Gasteiger partial charge in [0, 0.05) is 53.9 Å². The lowest BCUT2D eigenvalue weighted by atomic mass is 9.33. The monoisotopic (exact) mass is 788 g/mol. The van der Waals surface area contributed by atoms with Crippen molar-refractivity contribution in [2.45, 2.75) is 121 Å². The summed E-state index contributed by atoms with van der Waals surface area (Å²) in [6, 6.07) is 14.9. The molecule has 0 spiro atoms.